The molecule has 90 valence electrons. The van der Waals surface area contributed by atoms with Crippen molar-refractivity contribution in [2.24, 2.45) is 0 Å². The van der Waals surface area contributed by atoms with E-state index in [1.54, 1.807) is 0 Å². The predicted octanol–water partition coefficient (Wildman–Crippen LogP) is 2.81. The van der Waals surface area contributed by atoms with Crippen LogP contribution in [0.5, 0.6) is 0 Å². The van der Waals surface area contributed by atoms with Gasteiger partial charge < -0.3 is 10.4 Å². The summed E-state index contributed by atoms with van der Waals surface area (Å²) in [6.07, 6.45) is 1.67. The van der Waals surface area contributed by atoms with Crippen molar-refractivity contribution in [2.45, 2.75) is 45.8 Å². The molecule has 2 unspecified atom stereocenters. The maximum Gasteiger partial charge on any atom is 0.0664 e. The summed E-state index contributed by atoms with van der Waals surface area (Å²) in [6.45, 7) is 6.99. The minimum atomic E-state index is -0.225. The maximum absolute atomic E-state index is 9.64. The number of nitrogens with one attached hydrogen (secondary N) is 1. The van der Waals surface area contributed by atoms with E-state index in [4.69, 9.17) is 0 Å². The second-order valence-electron chi connectivity index (χ2n) is 4.49. The molecule has 2 atom stereocenters. The molecule has 0 aromatic heterocycles. The third-order valence-electron chi connectivity index (χ3n) is 2.82. The van der Waals surface area contributed by atoms with Crippen LogP contribution in [0.1, 0.15) is 43.9 Å². The van der Waals surface area contributed by atoms with Gasteiger partial charge in [0, 0.05) is 12.6 Å². The number of hydrogen-bond donors (Lipinski definition) is 2. The molecule has 0 aliphatic carbocycles. The fraction of sp³-hybridized carbons (Fsp3) is 0.571. The van der Waals surface area contributed by atoms with Crippen LogP contribution in [0.2, 0.25) is 0 Å². The molecule has 0 saturated heterocycles. The highest BCUT2D eigenvalue weighted by Gasteiger charge is 2.07. The molecule has 0 bridgehead atoms. The molecule has 1 rings (SSSR count). The third kappa shape index (κ3) is 4.33. The average Bonchev–Trinajstić information content (AvgIpc) is 2.26. The van der Waals surface area contributed by atoms with Crippen LogP contribution in [0.4, 0.5) is 0 Å². The van der Waals surface area contributed by atoms with Gasteiger partial charge >= 0.3 is 0 Å². The second kappa shape index (κ2) is 6.66. The van der Waals surface area contributed by atoms with Gasteiger partial charge in [-0.25, -0.2) is 0 Å². The Morgan fingerprint density at radius 2 is 2.12 bits per heavy atom. The molecule has 1 aromatic carbocycles. The summed E-state index contributed by atoms with van der Waals surface area (Å²) in [7, 11) is 0. The molecular formula is C14H23NO. The number of aliphatic hydroxyl groups excluding tert-OH is 1. The van der Waals surface area contributed by atoms with Crippen LogP contribution in [-0.4, -0.2) is 17.8 Å². The normalized spacial score (nSPS) is 14.8. The van der Waals surface area contributed by atoms with E-state index < -0.39 is 0 Å². The molecule has 0 aliphatic heterocycles. The fourth-order valence-electron chi connectivity index (χ4n) is 1.81. The second-order valence-corrected chi connectivity index (χ2v) is 4.49. The van der Waals surface area contributed by atoms with Crippen LogP contribution >= 0.6 is 0 Å². The Labute approximate surface area is 98.7 Å². The summed E-state index contributed by atoms with van der Waals surface area (Å²) in [5.74, 6) is 0. The molecule has 1 aromatic rings. The van der Waals surface area contributed by atoms with E-state index in [1.807, 2.05) is 0 Å². The summed E-state index contributed by atoms with van der Waals surface area (Å²) in [5, 5.41) is 13.0. The molecule has 0 aliphatic rings. The topological polar surface area (TPSA) is 32.3 Å². The lowest BCUT2D eigenvalue weighted by Crippen LogP contribution is -2.28. The smallest absolute Gasteiger partial charge is 0.0664 e. The van der Waals surface area contributed by atoms with Crippen LogP contribution in [-0.2, 0) is 0 Å². The Morgan fingerprint density at radius 1 is 1.38 bits per heavy atom. The van der Waals surface area contributed by atoms with Gasteiger partial charge in [-0.2, -0.15) is 0 Å². The number of hydrogen-bond acceptors (Lipinski definition) is 2. The summed E-state index contributed by atoms with van der Waals surface area (Å²) in [5.41, 5.74) is 2.56. The minimum absolute atomic E-state index is 0.225. The van der Waals surface area contributed by atoms with Crippen molar-refractivity contribution < 1.29 is 5.11 Å². The molecule has 16 heavy (non-hydrogen) atoms. The summed E-state index contributed by atoms with van der Waals surface area (Å²) >= 11 is 0. The Bertz CT molecular complexity index is 311. The van der Waals surface area contributed by atoms with Gasteiger partial charge in [-0.3, -0.25) is 0 Å². The molecule has 0 radical (unpaired) electrons. The van der Waals surface area contributed by atoms with E-state index in [0.29, 0.717) is 12.6 Å². The van der Waals surface area contributed by atoms with E-state index in [-0.39, 0.29) is 6.10 Å². The molecule has 0 amide bonds. The monoisotopic (exact) mass is 221 g/mol. The highest BCUT2D eigenvalue weighted by molar-refractivity contribution is 5.24. The molecule has 2 N–H and O–H groups in total. The SMILES string of the molecule is CCCC(O)CNC(C)c1cccc(C)c1. The zero-order valence-corrected chi connectivity index (χ0v) is 10.5. The first-order valence-corrected chi connectivity index (χ1v) is 6.11. The van der Waals surface area contributed by atoms with Gasteiger partial charge in [-0.05, 0) is 25.8 Å². The molecule has 0 fully saturated rings. The van der Waals surface area contributed by atoms with Gasteiger partial charge in [0.15, 0.2) is 0 Å². The first-order valence-electron chi connectivity index (χ1n) is 6.11. The lowest BCUT2D eigenvalue weighted by atomic mass is 10.1. The van der Waals surface area contributed by atoms with E-state index in [1.165, 1.54) is 11.1 Å². The lowest BCUT2D eigenvalue weighted by molar-refractivity contribution is 0.157. The van der Waals surface area contributed by atoms with E-state index >= 15 is 0 Å². The Hall–Kier alpha value is -0.860. The van der Waals surface area contributed by atoms with Gasteiger partial charge in [0.1, 0.15) is 0 Å². The fourth-order valence-corrected chi connectivity index (χ4v) is 1.81. The van der Waals surface area contributed by atoms with Gasteiger partial charge in [0.05, 0.1) is 6.10 Å². The van der Waals surface area contributed by atoms with Gasteiger partial charge in [0.25, 0.3) is 0 Å². The van der Waals surface area contributed by atoms with Crippen LogP contribution < -0.4 is 5.32 Å². The average molecular weight is 221 g/mol. The van der Waals surface area contributed by atoms with Crippen LogP contribution in [0.15, 0.2) is 24.3 Å². The van der Waals surface area contributed by atoms with Crippen molar-refractivity contribution in [1.82, 2.24) is 5.32 Å². The summed E-state index contributed by atoms with van der Waals surface area (Å²) in [6, 6.07) is 8.78. The molecule has 2 heteroatoms. The Morgan fingerprint density at radius 3 is 2.75 bits per heavy atom. The van der Waals surface area contributed by atoms with E-state index in [9.17, 15) is 5.11 Å². The Kier molecular flexibility index (Phi) is 5.50. The number of rotatable bonds is 6. The maximum atomic E-state index is 9.64. The van der Waals surface area contributed by atoms with E-state index in [0.717, 1.165) is 12.8 Å². The molecule has 0 heterocycles. The minimum Gasteiger partial charge on any atom is -0.392 e. The zero-order valence-electron chi connectivity index (χ0n) is 10.5. The van der Waals surface area contributed by atoms with Gasteiger partial charge in [-0.15, -0.1) is 0 Å². The first-order chi connectivity index (χ1) is 7.63. The summed E-state index contributed by atoms with van der Waals surface area (Å²) < 4.78 is 0. The van der Waals surface area contributed by atoms with Crippen molar-refractivity contribution in [3.8, 4) is 0 Å². The van der Waals surface area contributed by atoms with E-state index in [2.05, 4.69) is 50.4 Å². The molecular weight excluding hydrogens is 198 g/mol. The highest BCUT2D eigenvalue weighted by atomic mass is 16.3. The largest absolute Gasteiger partial charge is 0.392 e. The number of benzene rings is 1. The van der Waals surface area contributed by atoms with Crippen molar-refractivity contribution >= 4 is 0 Å². The zero-order chi connectivity index (χ0) is 12.0. The lowest BCUT2D eigenvalue weighted by Gasteiger charge is -2.17. The molecule has 0 saturated carbocycles. The number of aryl methyl sites for hydroxylation is 1. The van der Waals surface area contributed by atoms with Crippen LogP contribution in [0, 0.1) is 6.92 Å². The molecule has 0 spiro atoms. The predicted molar refractivity (Wildman–Crippen MR) is 68.5 cm³/mol. The van der Waals surface area contributed by atoms with Crippen molar-refractivity contribution in [1.29, 1.82) is 0 Å². The standard InChI is InChI=1S/C14H23NO/c1-4-6-14(16)10-15-12(3)13-8-5-7-11(2)9-13/h5,7-9,12,14-16H,4,6,10H2,1-3H3. The van der Waals surface area contributed by atoms with Gasteiger partial charge in [0.2, 0.25) is 0 Å². The van der Waals surface area contributed by atoms with Crippen LogP contribution in [0.3, 0.4) is 0 Å². The molecule has 2 nitrogen and oxygen atoms in total. The van der Waals surface area contributed by atoms with Crippen molar-refractivity contribution in [3.63, 3.8) is 0 Å². The van der Waals surface area contributed by atoms with Crippen molar-refractivity contribution in [3.05, 3.63) is 35.4 Å². The Balaban J connectivity index is 2.43. The third-order valence-corrected chi connectivity index (χ3v) is 2.82. The van der Waals surface area contributed by atoms with Gasteiger partial charge in [-0.1, -0.05) is 43.2 Å². The quantitative estimate of drug-likeness (QED) is 0.774. The van der Waals surface area contributed by atoms with Crippen LogP contribution in [0.25, 0.3) is 0 Å². The highest BCUT2D eigenvalue weighted by Crippen LogP contribution is 2.13. The number of aliphatic hydroxyl groups is 1. The summed E-state index contributed by atoms with van der Waals surface area (Å²) in [4.78, 5) is 0. The first kappa shape index (κ1) is 13.2. The van der Waals surface area contributed by atoms with Crippen molar-refractivity contribution in [2.75, 3.05) is 6.54 Å².